The Morgan fingerprint density at radius 1 is 1.13 bits per heavy atom. The van der Waals surface area contributed by atoms with Crippen molar-refractivity contribution in [1.29, 1.82) is 0 Å². The molecule has 1 aliphatic rings. The molecule has 7 nitrogen and oxygen atoms in total. The molecule has 0 bridgehead atoms. The maximum absolute atomic E-state index is 12.4. The van der Waals surface area contributed by atoms with E-state index in [1.54, 1.807) is 22.1 Å². The van der Waals surface area contributed by atoms with Crippen LogP contribution in [0.2, 0.25) is 0 Å². The molecule has 1 saturated heterocycles. The van der Waals surface area contributed by atoms with E-state index < -0.39 is 0 Å². The van der Waals surface area contributed by atoms with Gasteiger partial charge in [-0.25, -0.2) is 19.6 Å². The molecule has 0 aliphatic carbocycles. The minimum Gasteiger partial charge on any atom is -0.356 e. The number of aryl methyl sites for hydroxylation is 2. The molecular weight excluding hydrogens is 396 g/mol. The lowest BCUT2D eigenvalue weighted by atomic mass is 9.97. The molecule has 0 radical (unpaired) electrons. The third-order valence-electron chi connectivity index (χ3n) is 5.55. The number of thiazole rings is 1. The zero-order valence-electron chi connectivity index (χ0n) is 18.0. The van der Waals surface area contributed by atoms with Gasteiger partial charge in [-0.15, -0.1) is 11.3 Å². The Morgan fingerprint density at radius 3 is 2.57 bits per heavy atom. The third-order valence-corrected chi connectivity index (χ3v) is 6.64. The van der Waals surface area contributed by atoms with Crippen LogP contribution in [0.3, 0.4) is 0 Å². The van der Waals surface area contributed by atoms with E-state index in [4.69, 9.17) is 4.98 Å². The maximum Gasteiger partial charge on any atom is 0.266 e. The fourth-order valence-electron chi connectivity index (χ4n) is 3.88. The highest BCUT2D eigenvalue weighted by Crippen LogP contribution is 2.28. The van der Waals surface area contributed by atoms with E-state index in [1.807, 2.05) is 32.2 Å². The van der Waals surface area contributed by atoms with Crippen LogP contribution in [-0.2, 0) is 6.54 Å². The van der Waals surface area contributed by atoms with E-state index in [1.165, 1.54) is 0 Å². The summed E-state index contributed by atoms with van der Waals surface area (Å²) >= 11 is 1.62. The Balaban J connectivity index is 1.44. The quantitative estimate of drug-likeness (QED) is 0.620. The highest BCUT2D eigenvalue weighted by atomic mass is 32.1. The Labute approximate surface area is 180 Å². The fraction of sp³-hybridized carbons (Fsp3) is 0.500. The largest absolute Gasteiger partial charge is 0.356 e. The Kier molecular flexibility index (Phi) is 5.94. The molecule has 0 saturated carbocycles. The van der Waals surface area contributed by atoms with Gasteiger partial charge in [0.1, 0.15) is 17.3 Å². The van der Waals surface area contributed by atoms with Crippen LogP contribution < -0.4 is 10.5 Å². The highest BCUT2D eigenvalue weighted by Gasteiger charge is 2.22. The van der Waals surface area contributed by atoms with Gasteiger partial charge in [0.2, 0.25) is 0 Å². The van der Waals surface area contributed by atoms with Crippen molar-refractivity contribution >= 4 is 17.2 Å². The van der Waals surface area contributed by atoms with Crippen molar-refractivity contribution in [2.45, 2.75) is 53.0 Å². The van der Waals surface area contributed by atoms with E-state index in [9.17, 15) is 4.79 Å². The molecule has 1 aliphatic heterocycles. The van der Waals surface area contributed by atoms with Crippen LogP contribution in [0.25, 0.3) is 10.6 Å². The topological polar surface area (TPSA) is 76.8 Å². The molecule has 0 amide bonds. The first-order valence-electron chi connectivity index (χ1n) is 10.5. The first-order chi connectivity index (χ1) is 14.4. The lowest BCUT2D eigenvalue weighted by molar-refractivity contribution is 0.335. The Morgan fingerprint density at radius 2 is 1.90 bits per heavy atom. The second kappa shape index (κ2) is 8.63. The maximum atomic E-state index is 12.4. The van der Waals surface area contributed by atoms with E-state index in [-0.39, 0.29) is 5.56 Å². The standard InChI is InChI=1S/C22H28N6OS/c1-14(2)22-23-10-7-19(25-22)27-11-8-17(9-12-27)13-28-20(29)6-5-18(26-28)21-15(3)24-16(4)30-21/h5-7,10,14,17H,8-9,11-13H2,1-4H3. The van der Waals surface area contributed by atoms with E-state index >= 15 is 0 Å². The lowest BCUT2D eigenvalue weighted by Gasteiger charge is -2.33. The van der Waals surface area contributed by atoms with Gasteiger partial charge in [0.15, 0.2) is 0 Å². The number of hydrogen-bond acceptors (Lipinski definition) is 7. The van der Waals surface area contributed by atoms with Crippen LogP contribution in [0.5, 0.6) is 0 Å². The van der Waals surface area contributed by atoms with E-state index in [0.29, 0.717) is 18.4 Å². The van der Waals surface area contributed by atoms with Crippen molar-refractivity contribution in [3.05, 3.63) is 51.3 Å². The average Bonchev–Trinajstić information content (AvgIpc) is 3.08. The van der Waals surface area contributed by atoms with Crippen molar-refractivity contribution in [1.82, 2.24) is 24.7 Å². The van der Waals surface area contributed by atoms with Crippen molar-refractivity contribution in [3.63, 3.8) is 0 Å². The minimum absolute atomic E-state index is 0.0440. The second-order valence-corrected chi connectivity index (χ2v) is 9.45. The highest BCUT2D eigenvalue weighted by molar-refractivity contribution is 7.15. The second-order valence-electron chi connectivity index (χ2n) is 8.24. The number of nitrogens with zero attached hydrogens (tertiary/aromatic N) is 6. The summed E-state index contributed by atoms with van der Waals surface area (Å²) in [6.07, 6.45) is 3.87. The zero-order valence-corrected chi connectivity index (χ0v) is 18.8. The van der Waals surface area contributed by atoms with Gasteiger partial charge in [-0.1, -0.05) is 13.8 Å². The van der Waals surface area contributed by atoms with Gasteiger partial charge < -0.3 is 4.90 Å². The molecule has 3 aromatic rings. The fourth-order valence-corrected chi connectivity index (χ4v) is 4.76. The van der Waals surface area contributed by atoms with Gasteiger partial charge in [-0.3, -0.25) is 4.79 Å². The Hall–Kier alpha value is -2.61. The number of piperidine rings is 1. The van der Waals surface area contributed by atoms with Crippen LogP contribution in [0.15, 0.2) is 29.2 Å². The van der Waals surface area contributed by atoms with Gasteiger partial charge >= 0.3 is 0 Å². The van der Waals surface area contributed by atoms with Crippen molar-refractivity contribution < 1.29 is 0 Å². The summed E-state index contributed by atoms with van der Waals surface area (Å²) in [5.74, 6) is 2.63. The molecule has 8 heteroatoms. The molecule has 3 aromatic heterocycles. The van der Waals surface area contributed by atoms with Gasteiger partial charge in [0.25, 0.3) is 5.56 Å². The molecule has 158 valence electrons. The monoisotopic (exact) mass is 424 g/mol. The normalized spacial score (nSPS) is 15.2. The molecule has 0 atom stereocenters. The molecule has 4 heterocycles. The van der Waals surface area contributed by atoms with Crippen LogP contribution in [0.1, 0.15) is 49.1 Å². The molecular formula is C22H28N6OS. The van der Waals surface area contributed by atoms with Crippen LogP contribution in [0.4, 0.5) is 5.82 Å². The minimum atomic E-state index is -0.0440. The lowest BCUT2D eigenvalue weighted by Crippen LogP contribution is -2.37. The summed E-state index contributed by atoms with van der Waals surface area (Å²) in [7, 11) is 0. The van der Waals surface area contributed by atoms with Gasteiger partial charge in [-0.05, 0) is 44.7 Å². The smallest absolute Gasteiger partial charge is 0.266 e. The summed E-state index contributed by atoms with van der Waals surface area (Å²) < 4.78 is 1.63. The number of hydrogen-bond donors (Lipinski definition) is 0. The van der Waals surface area contributed by atoms with Gasteiger partial charge in [0.05, 0.1) is 15.6 Å². The van der Waals surface area contributed by atoms with Crippen molar-refractivity contribution in [2.75, 3.05) is 18.0 Å². The van der Waals surface area contributed by atoms with Gasteiger partial charge in [-0.2, -0.15) is 5.10 Å². The summed E-state index contributed by atoms with van der Waals surface area (Å²) in [5.41, 5.74) is 1.75. The van der Waals surface area contributed by atoms with Crippen LogP contribution in [-0.4, -0.2) is 37.8 Å². The average molecular weight is 425 g/mol. The van der Waals surface area contributed by atoms with E-state index in [0.717, 1.165) is 58.8 Å². The SMILES string of the molecule is Cc1nc(C)c(-c2ccc(=O)n(CC3CCN(c4ccnc(C(C)C)n4)CC3)n2)s1. The Bertz CT molecular complexity index is 1080. The first kappa shape index (κ1) is 20.7. The molecule has 0 unspecified atom stereocenters. The van der Waals surface area contributed by atoms with Gasteiger partial charge in [0, 0.05) is 37.8 Å². The zero-order chi connectivity index (χ0) is 21.3. The number of aromatic nitrogens is 5. The van der Waals surface area contributed by atoms with Crippen LogP contribution in [0, 0.1) is 19.8 Å². The van der Waals surface area contributed by atoms with Crippen molar-refractivity contribution in [3.8, 4) is 10.6 Å². The first-order valence-corrected chi connectivity index (χ1v) is 11.3. The summed E-state index contributed by atoms with van der Waals surface area (Å²) in [6, 6.07) is 5.42. The summed E-state index contributed by atoms with van der Waals surface area (Å²) in [5, 5.41) is 5.67. The molecule has 0 spiro atoms. The number of anilines is 1. The predicted molar refractivity (Wildman–Crippen MR) is 120 cm³/mol. The molecule has 1 fully saturated rings. The summed E-state index contributed by atoms with van der Waals surface area (Å²) in [6.45, 7) is 10.7. The predicted octanol–water partition coefficient (Wildman–Crippen LogP) is 3.81. The van der Waals surface area contributed by atoms with E-state index in [2.05, 4.69) is 33.8 Å². The molecule has 0 N–H and O–H groups in total. The third kappa shape index (κ3) is 4.43. The molecule has 0 aromatic carbocycles. The number of rotatable bonds is 5. The van der Waals surface area contributed by atoms with Crippen LogP contribution >= 0.6 is 11.3 Å². The van der Waals surface area contributed by atoms with Crippen molar-refractivity contribution in [2.24, 2.45) is 5.92 Å². The molecule has 30 heavy (non-hydrogen) atoms. The summed E-state index contributed by atoms with van der Waals surface area (Å²) in [4.78, 5) is 29.3. The molecule has 4 rings (SSSR count).